The Morgan fingerprint density at radius 3 is 2.95 bits per heavy atom. The van der Waals surface area contributed by atoms with Crippen molar-refractivity contribution in [2.45, 2.75) is 38.6 Å². The molecule has 1 aromatic rings. The molecule has 0 spiro atoms. The molecule has 2 heterocycles. The molecule has 0 aliphatic carbocycles. The minimum Gasteiger partial charge on any atom is -0.353 e. The number of carbonyl (C=O) groups is 2. The van der Waals surface area contributed by atoms with Crippen molar-refractivity contribution in [3.05, 3.63) is 18.5 Å². The molecule has 6 heteroatoms. The van der Waals surface area contributed by atoms with E-state index in [-0.39, 0.29) is 18.4 Å². The molecule has 1 aliphatic heterocycles. The van der Waals surface area contributed by atoms with Crippen molar-refractivity contribution in [2.24, 2.45) is 0 Å². The van der Waals surface area contributed by atoms with Crippen LogP contribution in [0.25, 0.3) is 0 Å². The number of carbonyl (C=O) groups excluding carboxylic acids is 2. The molecule has 1 N–H and O–H groups in total. The van der Waals surface area contributed by atoms with Crippen LogP contribution in [0.4, 0.5) is 0 Å². The van der Waals surface area contributed by atoms with Crippen LogP contribution in [0.3, 0.4) is 0 Å². The van der Waals surface area contributed by atoms with Gasteiger partial charge >= 0.3 is 0 Å². The molecule has 2 amide bonds. The van der Waals surface area contributed by atoms with Gasteiger partial charge in [0, 0.05) is 31.9 Å². The number of aromatic nitrogens is 2. The van der Waals surface area contributed by atoms with Gasteiger partial charge in [-0.25, -0.2) is 0 Å². The zero-order valence-electron chi connectivity index (χ0n) is 11.8. The van der Waals surface area contributed by atoms with E-state index < -0.39 is 0 Å². The van der Waals surface area contributed by atoms with Gasteiger partial charge in [-0.15, -0.1) is 0 Å². The quantitative estimate of drug-likeness (QED) is 0.866. The second-order valence-electron chi connectivity index (χ2n) is 5.10. The van der Waals surface area contributed by atoms with E-state index in [9.17, 15) is 9.59 Å². The Bertz CT molecular complexity index is 430. The van der Waals surface area contributed by atoms with Crippen LogP contribution in [0.1, 0.15) is 32.1 Å². The van der Waals surface area contributed by atoms with Crippen molar-refractivity contribution in [3.8, 4) is 0 Å². The predicted molar refractivity (Wildman–Crippen MR) is 74.9 cm³/mol. The summed E-state index contributed by atoms with van der Waals surface area (Å²) in [5, 5.41) is 6.90. The van der Waals surface area contributed by atoms with Crippen molar-refractivity contribution in [1.29, 1.82) is 0 Å². The summed E-state index contributed by atoms with van der Waals surface area (Å²) in [5.41, 5.74) is 0. The highest BCUT2D eigenvalue weighted by Gasteiger charge is 2.17. The maximum atomic E-state index is 11.9. The molecule has 0 unspecified atom stereocenters. The highest BCUT2D eigenvalue weighted by molar-refractivity contribution is 5.84. The molecule has 0 bridgehead atoms. The molecule has 0 aromatic carbocycles. The molecular weight excluding hydrogens is 256 g/mol. The lowest BCUT2D eigenvalue weighted by Crippen LogP contribution is -2.42. The Labute approximate surface area is 119 Å². The molecule has 2 rings (SSSR count). The molecule has 1 saturated heterocycles. The molecule has 1 aliphatic rings. The van der Waals surface area contributed by atoms with E-state index in [2.05, 4.69) is 10.4 Å². The lowest BCUT2D eigenvalue weighted by atomic mass is 10.1. The number of amides is 2. The number of hydrogen-bond donors (Lipinski definition) is 1. The van der Waals surface area contributed by atoms with Crippen LogP contribution in [0.15, 0.2) is 18.5 Å². The van der Waals surface area contributed by atoms with E-state index in [1.165, 1.54) is 0 Å². The van der Waals surface area contributed by atoms with Crippen LogP contribution in [0.5, 0.6) is 0 Å². The Morgan fingerprint density at radius 1 is 1.30 bits per heavy atom. The summed E-state index contributed by atoms with van der Waals surface area (Å²) >= 11 is 0. The van der Waals surface area contributed by atoms with Gasteiger partial charge in [-0.05, 0) is 18.9 Å². The molecule has 0 radical (unpaired) electrons. The lowest BCUT2D eigenvalue weighted by molar-refractivity contribution is -0.136. The second-order valence-corrected chi connectivity index (χ2v) is 5.10. The van der Waals surface area contributed by atoms with E-state index >= 15 is 0 Å². The highest BCUT2D eigenvalue weighted by atomic mass is 16.2. The van der Waals surface area contributed by atoms with Crippen LogP contribution < -0.4 is 5.32 Å². The molecular formula is C14H22N4O2. The fourth-order valence-corrected chi connectivity index (χ4v) is 2.35. The van der Waals surface area contributed by atoms with E-state index in [0.717, 1.165) is 25.7 Å². The molecule has 20 heavy (non-hydrogen) atoms. The molecule has 110 valence electrons. The number of nitrogens with zero attached hydrogens (tertiary/aromatic N) is 3. The van der Waals surface area contributed by atoms with Crippen molar-refractivity contribution in [1.82, 2.24) is 20.0 Å². The van der Waals surface area contributed by atoms with Crippen LogP contribution in [0, 0.1) is 0 Å². The van der Waals surface area contributed by atoms with Crippen LogP contribution in [-0.2, 0) is 16.1 Å². The molecule has 1 fully saturated rings. The number of hydrogen-bond acceptors (Lipinski definition) is 3. The summed E-state index contributed by atoms with van der Waals surface area (Å²) in [7, 11) is 0. The van der Waals surface area contributed by atoms with Gasteiger partial charge in [0.25, 0.3) is 0 Å². The first-order valence-corrected chi connectivity index (χ1v) is 7.27. The maximum absolute atomic E-state index is 11.9. The Kier molecular flexibility index (Phi) is 5.58. The fourth-order valence-electron chi connectivity index (χ4n) is 2.35. The van der Waals surface area contributed by atoms with E-state index in [4.69, 9.17) is 0 Å². The van der Waals surface area contributed by atoms with Gasteiger partial charge < -0.3 is 10.2 Å². The first kappa shape index (κ1) is 14.6. The zero-order chi connectivity index (χ0) is 14.2. The van der Waals surface area contributed by atoms with Crippen molar-refractivity contribution >= 4 is 11.8 Å². The lowest BCUT2D eigenvalue weighted by Gasteiger charge is -2.24. The van der Waals surface area contributed by atoms with Crippen LogP contribution >= 0.6 is 0 Å². The Hall–Kier alpha value is -1.85. The van der Waals surface area contributed by atoms with Gasteiger partial charge in [0.2, 0.25) is 11.8 Å². The minimum absolute atomic E-state index is 0.0916. The normalized spacial score (nSPS) is 16.6. The summed E-state index contributed by atoms with van der Waals surface area (Å²) in [6.45, 7) is 2.05. The molecule has 0 saturated carbocycles. The van der Waals surface area contributed by atoms with E-state index in [0.29, 0.717) is 26.1 Å². The third kappa shape index (κ3) is 4.68. The van der Waals surface area contributed by atoms with Crippen LogP contribution in [0.2, 0.25) is 0 Å². The van der Waals surface area contributed by atoms with Crippen molar-refractivity contribution in [3.63, 3.8) is 0 Å². The molecule has 6 nitrogen and oxygen atoms in total. The minimum atomic E-state index is -0.0916. The Morgan fingerprint density at radius 2 is 2.15 bits per heavy atom. The maximum Gasteiger partial charge on any atom is 0.239 e. The first-order valence-electron chi connectivity index (χ1n) is 7.27. The summed E-state index contributed by atoms with van der Waals surface area (Å²) < 4.78 is 1.77. The van der Waals surface area contributed by atoms with Gasteiger partial charge in [0.05, 0.1) is 13.1 Å². The number of rotatable bonds is 5. The van der Waals surface area contributed by atoms with Gasteiger partial charge in [0.15, 0.2) is 0 Å². The number of nitrogens with one attached hydrogen (secondary N) is 1. The van der Waals surface area contributed by atoms with Crippen molar-refractivity contribution < 1.29 is 9.59 Å². The Balaban J connectivity index is 1.70. The largest absolute Gasteiger partial charge is 0.353 e. The predicted octanol–water partition coefficient (Wildman–Crippen LogP) is 0.792. The fraction of sp³-hybridized carbons (Fsp3) is 0.643. The van der Waals surface area contributed by atoms with E-state index in [1.54, 1.807) is 15.8 Å². The monoisotopic (exact) mass is 278 g/mol. The third-order valence-electron chi connectivity index (χ3n) is 3.48. The summed E-state index contributed by atoms with van der Waals surface area (Å²) in [6.07, 6.45) is 8.33. The van der Waals surface area contributed by atoms with Gasteiger partial charge in [-0.2, -0.15) is 5.10 Å². The highest BCUT2D eigenvalue weighted by Crippen LogP contribution is 2.11. The topological polar surface area (TPSA) is 67.2 Å². The zero-order valence-corrected chi connectivity index (χ0v) is 11.8. The van der Waals surface area contributed by atoms with Gasteiger partial charge in [0.1, 0.15) is 0 Å². The average molecular weight is 278 g/mol. The standard InChI is InChI=1S/C14H22N4O2/c19-13(15-8-11-18-10-5-7-16-18)12-17-9-4-2-1-3-6-14(17)20/h5,7,10H,1-4,6,8-9,11-12H2,(H,15,19). The third-order valence-corrected chi connectivity index (χ3v) is 3.48. The van der Waals surface area contributed by atoms with Crippen molar-refractivity contribution in [2.75, 3.05) is 19.6 Å². The smallest absolute Gasteiger partial charge is 0.239 e. The first-order chi connectivity index (χ1) is 9.75. The SMILES string of the molecule is O=C(CN1CCCCCCC1=O)NCCn1cccn1. The van der Waals surface area contributed by atoms with Gasteiger partial charge in [-0.3, -0.25) is 14.3 Å². The molecule has 1 aromatic heterocycles. The van der Waals surface area contributed by atoms with Gasteiger partial charge in [-0.1, -0.05) is 12.8 Å². The molecule has 0 atom stereocenters. The van der Waals surface area contributed by atoms with Crippen LogP contribution in [-0.4, -0.2) is 46.1 Å². The summed E-state index contributed by atoms with van der Waals surface area (Å²) in [5.74, 6) is 0.0120. The average Bonchev–Trinajstić information content (AvgIpc) is 2.92. The van der Waals surface area contributed by atoms with E-state index in [1.807, 2.05) is 12.3 Å². The summed E-state index contributed by atoms with van der Waals surface area (Å²) in [6, 6.07) is 1.85. The second kappa shape index (κ2) is 7.67. The number of likely N-dealkylation sites (tertiary alicyclic amines) is 1. The summed E-state index contributed by atoms with van der Waals surface area (Å²) in [4.78, 5) is 25.4.